The van der Waals surface area contributed by atoms with Crippen LogP contribution >= 0.6 is 34.5 Å². The zero-order valence-corrected chi connectivity index (χ0v) is 18.2. The third-order valence-electron chi connectivity index (χ3n) is 4.75. The summed E-state index contributed by atoms with van der Waals surface area (Å²) in [6, 6.07) is 8.40. The van der Waals surface area contributed by atoms with Crippen LogP contribution in [0.1, 0.15) is 50.0 Å². The van der Waals surface area contributed by atoms with Gasteiger partial charge in [0, 0.05) is 23.2 Å². The molecule has 2 aromatic heterocycles. The molecule has 2 heterocycles. The highest BCUT2D eigenvalue weighted by atomic mass is 35.5. The lowest BCUT2D eigenvalue weighted by Gasteiger charge is -2.13. The van der Waals surface area contributed by atoms with Crippen LogP contribution in [0, 0.1) is 6.92 Å². The van der Waals surface area contributed by atoms with E-state index in [9.17, 15) is 9.59 Å². The summed E-state index contributed by atoms with van der Waals surface area (Å²) in [7, 11) is 0. The number of hydrazone groups is 1. The number of furan rings is 1. The van der Waals surface area contributed by atoms with Crippen LogP contribution < -0.4 is 10.7 Å². The van der Waals surface area contributed by atoms with E-state index in [-0.39, 0.29) is 17.6 Å². The molecule has 0 unspecified atom stereocenters. The molecule has 3 aromatic rings. The number of aryl methyl sites for hydroxylation is 1. The number of halogens is 2. The van der Waals surface area contributed by atoms with E-state index in [2.05, 4.69) is 15.8 Å². The molecule has 1 aliphatic carbocycles. The fourth-order valence-electron chi connectivity index (χ4n) is 3.34. The average Bonchev–Trinajstić information content (AvgIpc) is 3.38. The second-order valence-electron chi connectivity index (χ2n) is 6.77. The molecule has 1 aliphatic rings. The Hall–Kier alpha value is -2.61. The molecule has 154 valence electrons. The van der Waals surface area contributed by atoms with E-state index in [0.29, 0.717) is 50.5 Å². The molecule has 4 rings (SSSR count). The van der Waals surface area contributed by atoms with Gasteiger partial charge in [-0.1, -0.05) is 29.3 Å². The smallest absolute Gasteiger partial charge is 0.291 e. The third-order valence-corrected chi connectivity index (χ3v) is 6.35. The average molecular weight is 462 g/mol. The van der Waals surface area contributed by atoms with Crippen molar-refractivity contribution in [2.45, 2.75) is 26.2 Å². The number of nitrogens with one attached hydrogen (secondary N) is 2. The number of carbonyl (C=O) groups excluding carboxylic acids is 2. The SMILES string of the molecule is Cc1c(C(=O)Nc2ccc(Cl)c(Cl)c2)oc2c1/C(=N/NC(=O)c1cccs1)CCC2. The van der Waals surface area contributed by atoms with Crippen LogP contribution in [-0.4, -0.2) is 17.5 Å². The molecular weight excluding hydrogens is 445 g/mol. The Morgan fingerprint density at radius 3 is 2.70 bits per heavy atom. The lowest BCUT2D eigenvalue weighted by atomic mass is 9.93. The number of hydrogen-bond donors (Lipinski definition) is 2. The lowest BCUT2D eigenvalue weighted by molar-refractivity contribution is 0.0957. The molecule has 0 aliphatic heterocycles. The molecule has 0 bridgehead atoms. The van der Waals surface area contributed by atoms with Gasteiger partial charge in [0.1, 0.15) is 5.76 Å². The first-order valence-corrected chi connectivity index (χ1v) is 10.9. The van der Waals surface area contributed by atoms with Crippen molar-refractivity contribution >= 4 is 57.8 Å². The van der Waals surface area contributed by atoms with Gasteiger partial charge in [0.25, 0.3) is 11.8 Å². The maximum Gasteiger partial charge on any atom is 0.291 e. The van der Waals surface area contributed by atoms with Gasteiger partial charge in [0.05, 0.1) is 20.6 Å². The zero-order valence-electron chi connectivity index (χ0n) is 15.9. The lowest BCUT2D eigenvalue weighted by Crippen LogP contribution is -2.21. The number of fused-ring (bicyclic) bond motifs is 1. The van der Waals surface area contributed by atoms with Crippen molar-refractivity contribution in [3.8, 4) is 0 Å². The largest absolute Gasteiger partial charge is 0.455 e. The summed E-state index contributed by atoms with van der Waals surface area (Å²) in [6.45, 7) is 1.81. The molecule has 30 heavy (non-hydrogen) atoms. The molecule has 2 amide bonds. The Morgan fingerprint density at radius 1 is 1.13 bits per heavy atom. The van der Waals surface area contributed by atoms with E-state index in [1.54, 1.807) is 24.3 Å². The Bertz CT molecular complexity index is 1150. The summed E-state index contributed by atoms with van der Waals surface area (Å²) in [5.41, 5.74) is 5.29. The van der Waals surface area contributed by atoms with Gasteiger partial charge >= 0.3 is 0 Å². The Kier molecular flexibility index (Phi) is 5.94. The fraction of sp³-hybridized carbons (Fsp3) is 0.190. The summed E-state index contributed by atoms with van der Waals surface area (Å²) in [5.74, 6) is 0.262. The summed E-state index contributed by atoms with van der Waals surface area (Å²) < 4.78 is 5.87. The van der Waals surface area contributed by atoms with Crippen molar-refractivity contribution in [2.75, 3.05) is 5.32 Å². The van der Waals surface area contributed by atoms with Crippen LogP contribution in [-0.2, 0) is 6.42 Å². The number of thiophene rings is 1. The Balaban J connectivity index is 1.57. The van der Waals surface area contributed by atoms with E-state index >= 15 is 0 Å². The highest BCUT2D eigenvalue weighted by Gasteiger charge is 2.28. The van der Waals surface area contributed by atoms with Crippen LogP contribution in [0.25, 0.3) is 0 Å². The monoisotopic (exact) mass is 461 g/mol. The number of amides is 2. The molecule has 1 aromatic carbocycles. The number of rotatable bonds is 4. The van der Waals surface area contributed by atoms with Gasteiger partial charge in [-0.25, -0.2) is 5.43 Å². The van der Waals surface area contributed by atoms with Crippen molar-refractivity contribution in [3.63, 3.8) is 0 Å². The highest BCUT2D eigenvalue weighted by Crippen LogP contribution is 2.31. The Labute approximate surface area is 186 Å². The topological polar surface area (TPSA) is 83.7 Å². The van der Waals surface area contributed by atoms with E-state index in [1.807, 2.05) is 18.4 Å². The molecule has 9 heteroatoms. The van der Waals surface area contributed by atoms with Crippen molar-refractivity contribution in [1.82, 2.24) is 5.43 Å². The van der Waals surface area contributed by atoms with E-state index < -0.39 is 0 Å². The minimum Gasteiger partial charge on any atom is -0.455 e. The molecule has 2 N–H and O–H groups in total. The first-order valence-electron chi connectivity index (χ1n) is 9.23. The maximum absolute atomic E-state index is 12.8. The molecular formula is C21H17Cl2N3O3S. The second-order valence-corrected chi connectivity index (χ2v) is 8.53. The van der Waals surface area contributed by atoms with Crippen LogP contribution in [0.4, 0.5) is 5.69 Å². The molecule has 0 atom stereocenters. The van der Waals surface area contributed by atoms with Gasteiger partial charge in [0.15, 0.2) is 5.76 Å². The van der Waals surface area contributed by atoms with Gasteiger partial charge in [0.2, 0.25) is 0 Å². The molecule has 0 saturated carbocycles. The normalized spacial score (nSPS) is 14.4. The third kappa shape index (κ3) is 4.14. The van der Waals surface area contributed by atoms with Gasteiger partial charge < -0.3 is 9.73 Å². The highest BCUT2D eigenvalue weighted by molar-refractivity contribution is 7.12. The standard InChI is InChI=1S/C21H17Cl2N3O3S/c1-11-18-15(25-26-20(27)17-6-3-9-30-17)4-2-5-16(18)29-19(11)21(28)24-12-7-8-13(22)14(23)10-12/h3,6-10H,2,4-5H2,1H3,(H,24,28)(H,26,27)/b25-15+. The summed E-state index contributed by atoms with van der Waals surface area (Å²) in [4.78, 5) is 25.6. The van der Waals surface area contributed by atoms with Gasteiger partial charge in [-0.15, -0.1) is 11.3 Å². The van der Waals surface area contributed by atoms with Crippen LogP contribution in [0.3, 0.4) is 0 Å². The molecule has 0 radical (unpaired) electrons. The molecule has 0 fully saturated rings. The summed E-state index contributed by atoms with van der Waals surface area (Å²) >= 11 is 13.3. The molecule has 0 spiro atoms. The van der Waals surface area contributed by atoms with E-state index in [4.69, 9.17) is 27.6 Å². The van der Waals surface area contributed by atoms with E-state index in [0.717, 1.165) is 12.0 Å². The summed E-state index contributed by atoms with van der Waals surface area (Å²) in [5, 5.41) is 9.68. The zero-order chi connectivity index (χ0) is 21.3. The van der Waals surface area contributed by atoms with Crippen LogP contribution in [0.5, 0.6) is 0 Å². The predicted molar refractivity (Wildman–Crippen MR) is 119 cm³/mol. The number of carbonyl (C=O) groups is 2. The number of nitrogens with zero attached hydrogens (tertiary/aromatic N) is 1. The molecule has 6 nitrogen and oxygen atoms in total. The number of hydrogen-bond acceptors (Lipinski definition) is 5. The van der Waals surface area contributed by atoms with E-state index in [1.165, 1.54) is 11.3 Å². The second kappa shape index (κ2) is 8.63. The fourth-order valence-corrected chi connectivity index (χ4v) is 4.25. The quantitative estimate of drug-likeness (QED) is 0.490. The van der Waals surface area contributed by atoms with Crippen LogP contribution in [0.2, 0.25) is 10.0 Å². The minimum absolute atomic E-state index is 0.213. The minimum atomic E-state index is -0.387. The van der Waals surface area contributed by atoms with Crippen molar-refractivity contribution in [2.24, 2.45) is 5.10 Å². The van der Waals surface area contributed by atoms with Crippen LogP contribution in [0.15, 0.2) is 45.2 Å². The van der Waals surface area contributed by atoms with Crippen molar-refractivity contribution < 1.29 is 14.0 Å². The van der Waals surface area contributed by atoms with Gasteiger partial charge in [-0.05, 0) is 49.4 Å². The maximum atomic E-state index is 12.8. The van der Waals surface area contributed by atoms with Gasteiger partial charge in [-0.2, -0.15) is 5.10 Å². The van der Waals surface area contributed by atoms with Crippen molar-refractivity contribution in [1.29, 1.82) is 0 Å². The van der Waals surface area contributed by atoms with Crippen molar-refractivity contribution in [3.05, 3.63) is 73.3 Å². The number of benzene rings is 1. The summed E-state index contributed by atoms with van der Waals surface area (Å²) in [6.07, 6.45) is 2.21. The first kappa shape index (κ1) is 20.7. The Morgan fingerprint density at radius 2 is 1.97 bits per heavy atom. The number of anilines is 1. The predicted octanol–water partition coefficient (Wildman–Crippen LogP) is 5.68. The molecule has 0 saturated heterocycles. The van der Waals surface area contributed by atoms with Gasteiger partial charge in [-0.3, -0.25) is 9.59 Å². The first-order chi connectivity index (χ1) is 14.4.